The predicted molar refractivity (Wildman–Crippen MR) is 130 cm³/mol. The van der Waals surface area contributed by atoms with E-state index in [0.29, 0.717) is 41.0 Å². The number of carbonyl (C=O) groups is 1. The van der Waals surface area contributed by atoms with Crippen molar-refractivity contribution in [3.8, 4) is 28.5 Å². The zero-order valence-corrected chi connectivity index (χ0v) is 19.2. The van der Waals surface area contributed by atoms with Gasteiger partial charge in [0.05, 0.1) is 17.2 Å². The molecule has 1 saturated heterocycles. The summed E-state index contributed by atoms with van der Waals surface area (Å²) in [5, 5.41) is 20.6. The lowest BCUT2D eigenvalue weighted by atomic mass is 10.00. The summed E-state index contributed by atoms with van der Waals surface area (Å²) in [5.41, 5.74) is 4.79. The van der Waals surface area contributed by atoms with Gasteiger partial charge in [-0.3, -0.25) is 5.32 Å². The van der Waals surface area contributed by atoms with Crippen molar-refractivity contribution >= 4 is 29.1 Å². The average Bonchev–Trinajstić information content (AvgIpc) is 3.23. The number of fused-ring (bicyclic) bond motifs is 1. The van der Waals surface area contributed by atoms with Gasteiger partial charge in [-0.1, -0.05) is 23.7 Å². The number of carbonyl (C=O) groups excluding carboxylic acids is 1. The molecule has 10 heteroatoms. The number of benzene rings is 1. The second kappa shape index (κ2) is 9.09. The first-order valence-electron chi connectivity index (χ1n) is 10.8. The maximum atomic E-state index is 12.7. The van der Waals surface area contributed by atoms with Crippen molar-refractivity contribution in [2.45, 2.75) is 6.92 Å². The van der Waals surface area contributed by atoms with Crippen molar-refractivity contribution in [2.24, 2.45) is 0 Å². The van der Waals surface area contributed by atoms with Crippen molar-refractivity contribution in [1.29, 1.82) is 5.26 Å². The molecule has 1 aliphatic rings. The third-order valence-corrected chi connectivity index (χ3v) is 5.79. The number of aromatic nitrogens is 4. The fraction of sp³-hybridized carbons (Fsp3) is 0.208. The highest BCUT2D eigenvalue weighted by Crippen LogP contribution is 2.36. The highest BCUT2D eigenvalue weighted by molar-refractivity contribution is 6.29. The number of nitrogens with one attached hydrogen (secondary N) is 2. The molecule has 3 aromatic heterocycles. The highest BCUT2D eigenvalue weighted by Gasteiger charge is 2.21. The smallest absolute Gasteiger partial charge is 0.322 e. The normalized spacial score (nSPS) is 13.6. The number of amides is 2. The number of urea groups is 1. The van der Waals surface area contributed by atoms with E-state index in [1.807, 2.05) is 25.1 Å². The number of aryl methyl sites for hydroxylation is 1. The maximum Gasteiger partial charge on any atom is 0.323 e. The molecule has 170 valence electrons. The molecule has 4 aromatic rings. The van der Waals surface area contributed by atoms with Gasteiger partial charge in [0, 0.05) is 43.6 Å². The molecule has 0 atom stereocenters. The molecule has 0 bridgehead atoms. The maximum absolute atomic E-state index is 12.7. The van der Waals surface area contributed by atoms with Crippen LogP contribution in [0.4, 0.5) is 10.6 Å². The second-order valence-electron chi connectivity index (χ2n) is 7.98. The first-order valence-corrected chi connectivity index (χ1v) is 11.2. The standard InChI is InChI=1S/C24H21ClN8O/c1-15-11-18(13-19(25)28-15)21-22(17-4-2-3-16(12-17)14-26)31-33-8-5-20(29-23(21)33)30-24(34)32-9-6-27-7-10-32/h2-5,8,11-13,27H,6-7,9-10H2,1H3,(H,29,30,34). The van der Waals surface area contributed by atoms with E-state index in [0.717, 1.165) is 35.5 Å². The lowest BCUT2D eigenvalue weighted by molar-refractivity contribution is 0.204. The summed E-state index contributed by atoms with van der Waals surface area (Å²) in [6, 6.07) is 14.6. The van der Waals surface area contributed by atoms with Crippen LogP contribution in [0, 0.1) is 18.3 Å². The number of rotatable bonds is 3. The molecule has 0 saturated carbocycles. The zero-order valence-electron chi connectivity index (χ0n) is 18.4. The van der Waals surface area contributed by atoms with Gasteiger partial charge in [-0.2, -0.15) is 10.4 Å². The zero-order chi connectivity index (χ0) is 23.7. The third-order valence-electron chi connectivity index (χ3n) is 5.60. The average molecular weight is 473 g/mol. The van der Waals surface area contributed by atoms with Crippen LogP contribution in [0.2, 0.25) is 5.15 Å². The lowest BCUT2D eigenvalue weighted by Gasteiger charge is -2.27. The monoisotopic (exact) mass is 472 g/mol. The Morgan fingerprint density at radius 1 is 1.15 bits per heavy atom. The van der Waals surface area contributed by atoms with E-state index >= 15 is 0 Å². The molecule has 0 aliphatic carbocycles. The summed E-state index contributed by atoms with van der Waals surface area (Å²) in [5.74, 6) is 0.423. The fourth-order valence-corrected chi connectivity index (χ4v) is 4.28. The molecule has 1 aromatic carbocycles. The summed E-state index contributed by atoms with van der Waals surface area (Å²) >= 11 is 6.28. The van der Waals surface area contributed by atoms with Crippen LogP contribution in [0.25, 0.3) is 28.0 Å². The van der Waals surface area contributed by atoms with E-state index in [2.05, 4.69) is 21.7 Å². The number of hydrogen-bond acceptors (Lipinski definition) is 6. The summed E-state index contributed by atoms with van der Waals surface area (Å²) in [6.45, 7) is 4.67. The van der Waals surface area contributed by atoms with E-state index < -0.39 is 0 Å². The molecule has 2 N–H and O–H groups in total. The number of anilines is 1. The molecule has 2 amide bonds. The van der Waals surface area contributed by atoms with Gasteiger partial charge in [-0.15, -0.1) is 0 Å². The van der Waals surface area contributed by atoms with Crippen molar-refractivity contribution < 1.29 is 4.79 Å². The molecular weight excluding hydrogens is 452 g/mol. The molecule has 1 aliphatic heterocycles. The Kier molecular flexibility index (Phi) is 5.84. The van der Waals surface area contributed by atoms with Crippen LogP contribution in [-0.2, 0) is 0 Å². The van der Waals surface area contributed by atoms with Crippen molar-refractivity contribution in [3.63, 3.8) is 0 Å². The Hall–Kier alpha value is -4.00. The van der Waals surface area contributed by atoms with Crippen molar-refractivity contribution in [2.75, 3.05) is 31.5 Å². The van der Waals surface area contributed by atoms with Gasteiger partial charge in [0.2, 0.25) is 0 Å². The van der Waals surface area contributed by atoms with Crippen molar-refractivity contribution in [3.05, 3.63) is 65.1 Å². The van der Waals surface area contributed by atoms with Crippen LogP contribution in [0.1, 0.15) is 11.3 Å². The summed E-state index contributed by atoms with van der Waals surface area (Å²) < 4.78 is 1.66. The number of hydrogen-bond donors (Lipinski definition) is 2. The van der Waals surface area contributed by atoms with Gasteiger partial charge >= 0.3 is 6.03 Å². The lowest BCUT2D eigenvalue weighted by Crippen LogP contribution is -2.48. The first kappa shape index (κ1) is 21.8. The summed E-state index contributed by atoms with van der Waals surface area (Å²) in [7, 11) is 0. The Morgan fingerprint density at radius 2 is 1.97 bits per heavy atom. The molecular formula is C24H21ClN8O. The minimum absolute atomic E-state index is 0.191. The first-order chi connectivity index (χ1) is 16.5. The fourth-order valence-electron chi connectivity index (χ4n) is 4.03. The summed E-state index contributed by atoms with van der Waals surface area (Å²) in [4.78, 5) is 23.5. The largest absolute Gasteiger partial charge is 0.323 e. The van der Waals surface area contributed by atoms with Crippen molar-refractivity contribution in [1.82, 2.24) is 29.8 Å². The van der Waals surface area contributed by atoms with Crippen LogP contribution < -0.4 is 10.6 Å². The van der Waals surface area contributed by atoms with Crippen LogP contribution in [0.3, 0.4) is 0 Å². The van der Waals surface area contributed by atoms with E-state index in [1.165, 1.54) is 0 Å². The second-order valence-corrected chi connectivity index (χ2v) is 8.37. The van der Waals surface area contributed by atoms with Gasteiger partial charge < -0.3 is 10.2 Å². The molecule has 4 heterocycles. The molecule has 34 heavy (non-hydrogen) atoms. The van der Waals surface area contributed by atoms with E-state index in [4.69, 9.17) is 21.7 Å². The molecule has 1 fully saturated rings. The van der Waals surface area contributed by atoms with Gasteiger partial charge in [0.15, 0.2) is 5.65 Å². The predicted octanol–water partition coefficient (Wildman–Crippen LogP) is 3.73. The highest BCUT2D eigenvalue weighted by atomic mass is 35.5. The quantitative estimate of drug-likeness (QED) is 0.439. The number of nitrogens with zero attached hydrogens (tertiary/aromatic N) is 6. The van der Waals surface area contributed by atoms with Gasteiger partial charge in [-0.25, -0.2) is 19.3 Å². The Labute approximate surface area is 201 Å². The molecule has 9 nitrogen and oxygen atoms in total. The Bertz CT molecular complexity index is 1410. The molecule has 0 spiro atoms. The summed E-state index contributed by atoms with van der Waals surface area (Å²) in [6.07, 6.45) is 1.76. The van der Waals surface area contributed by atoms with E-state index in [-0.39, 0.29) is 6.03 Å². The molecule has 5 rings (SSSR count). The van der Waals surface area contributed by atoms with E-state index in [1.54, 1.807) is 39.9 Å². The molecule has 0 unspecified atom stereocenters. The third kappa shape index (κ3) is 4.29. The SMILES string of the molecule is Cc1cc(-c2c(-c3cccc(C#N)c3)nn3ccc(NC(=O)N4CCNCC4)nc23)cc(Cl)n1. The van der Waals surface area contributed by atoms with Crippen LogP contribution in [0.5, 0.6) is 0 Å². The minimum atomic E-state index is -0.191. The van der Waals surface area contributed by atoms with Crippen LogP contribution in [-0.4, -0.2) is 56.7 Å². The Morgan fingerprint density at radius 3 is 2.74 bits per heavy atom. The van der Waals surface area contributed by atoms with E-state index in [9.17, 15) is 10.1 Å². The minimum Gasteiger partial charge on any atom is -0.322 e. The number of pyridine rings is 1. The van der Waals surface area contributed by atoms with Crippen LogP contribution in [0.15, 0.2) is 48.7 Å². The topological polar surface area (TPSA) is 111 Å². The molecule has 0 radical (unpaired) electrons. The Balaban J connectivity index is 1.64. The number of nitriles is 1. The van der Waals surface area contributed by atoms with Gasteiger partial charge in [0.25, 0.3) is 0 Å². The van der Waals surface area contributed by atoms with Crippen LogP contribution >= 0.6 is 11.6 Å². The number of piperazine rings is 1. The number of halogens is 1. The van der Waals surface area contributed by atoms with Gasteiger partial charge in [-0.05, 0) is 42.8 Å². The van der Waals surface area contributed by atoms with Gasteiger partial charge in [0.1, 0.15) is 16.7 Å².